The molecule has 0 saturated carbocycles. The quantitative estimate of drug-likeness (QED) is 0.362. The molecular weight excluding hydrogens is 471 g/mol. The number of likely N-dealkylation sites (tertiary alicyclic amines) is 1. The van der Waals surface area contributed by atoms with E-state index in [2.05, 4.69) is 22.1 Å². The topological polar surface area (TPSA) is 72.1 Å². The van der Waals surface area contributed by atoms with E-state index in [1.54, 1.807) is 0 Å². The number of aromatic nitrogens is 1. The monoisotopic (exact) mass is 506 g/mol. The molecule has 0 aliphatic carbocycles. The van der Waals surface area contributed by atoms with Gasteiger partial charge in [0.05, 0.1) is 24.5 Å². The second-order valence-corrected chi connectivity index (χ2v) is 7.43. The highest BCUT2D eigenvalue weighted by Crippen LogP contribution is 2.18. The van der Waals surface area contributed by atoms with Crippen molar-refractivity contribution in [2.75, 3.05) is 32.8 Å². The molecule has 0 radical (unpaired) electrons. The Hall–Kier alpha value is -0.870. The Morgan fingerprint density at radius 1 is 1.25 bits per heavy atom. The van der Waals surface area contributed by atoms with E-state index in [1.807, 2.05) is 13.8 Å². The molecule has 1 atom stereocenters. The average Bonchev–Trinajstić information content (AvgIpc) is 3.02. The summed E-state index contributed by atoms with van der Waals surface area (Å²) < 4.78 is 17.5. The summed E-state index contributed by atoms with van der Waals surface area (Å²) in [6, 6.07) is 0. The molecule has 7 nitrogen and oxygen atoms in total. The van der Waals surface area contributed by atoms with Crippen molar-refractivity contribution in [3.63, 3.8) is 0 Å². The van der Waals surface area contributed by atoms with Gasteiger partial charge in [-0.05, 0) is 52.9 Å². The molecule has 0 aromatic carbocycles. The number of nitrogens with zero attached hydrogens (tertiary/aromatic N) is 3. The predicted molar refractivity (Wildman–Crippen MR) is 120 cm³/mol. The number of hydrogen-bond acceptors (Lipinski definition) is 5. The lowest BCUT2D eigenvalue weighted by Gasteiger charge is -2.35. The molecule has 3 heterocycles. The average molecular weight is 506 g/mol. The minimum Gasteiger partial charge on any atom is -0.444 e. The fourth-order valence-electron chi connectivity index (χ4n) is 3.59. The third-order valence-corrected chi connectivity index (χ3v) is 5.31. The smallest absolute Gasteiger partial charge is 0.216 e. The number of ether oxygens (including phenoxy) is 2. The zero-order chi connectivity index (χ0) is 19.1. The SMILES string of the molecule is CCNC(=NCc1nc(C)c(C)o1)N1CCC(OCC2CCCCO2)CC1.I. The molecule has 3 rings (SSSR count). The van der Waals surface area contributed by atoms with E-state index in [1.165, 1.54) is 12.8 Å². The van der Waals surface area contributed by atoms with Crippen molar-refractivity contribution in [3.05, 3.63) is 17.3 Å². The molecule has 1 aromatic heterocycles. The summed E-state index contributed by atoms with van der Waals surface area (Å²) in [6.07, 6.45) is 6.25. The number of aliphatic imine (C=N–C) groups is 1. The van der Waals surface area contributed by atoms with Crippen LogP contribution in [0.4, 0.5) is 0 Å². The van der Waals surface area contributed by atoms with Crippen LogP contribution in [0.2, 0.25) is 0 Å². The molecule has 2 fully saturated rings. The van der Waals surface area contributed by atoms with Gasteiger partial charge >= 0.3 is 0 Å². The molecule has 1 aromatic rings. The maximum atomic E-state index is 6.12. The number of guanidine groups is 1. The van der Waals surface area contributed by atoms with Gasteiger partial charge in [0.2, 0.25) is 5.89 Å². The molecule has 2 aliphatic heterocycles. The summed E-state index contributed by atoms with van der Waals surface area (Å²) in [5.74, 6) is 2.47. The Labute approximate surface area is 185 Å². The van der Waals surface area contributed by atoms with Crippen molar-refractivity contribution in [3.8, 4) is 0 Å². The highest BCUT2D eigenvalue weighted by Gasteiger charge is 2.24. The minimum absolute atomic E-state index is 0. The van der Waals surface area contributed by atoms with Crippen LogP contribution in [0.5, 0.6) is 0 Å². The van der Waals surface area contributed by atoms with Crippen LogP contribution in [-0.2, 0) is 16.0 Å². The van der Waals surface area contributed by atoms with Gasteiger partial charge in [0, 0.05) is 26.2 Å². The highest BCUT2D eigenvalue weighted by molar-refractivity contribution is 14.0. The second-order valence-electron chi connectivity index (χ2n) is 7.43. The first-order valence-electron chi connectivity index (χ1n) is 10.3. The van der Waals surface area contributed by atoms with E-state index in [0.717, 1.165) is 69.5 Å². The molecule has 2 saturated heterocycles. The van der Waals surface area contributed by atoms with Gasteiger partial charge in [-0.3, -0.25) is 0 Å². The van der Waals surface area contributed by atoms with Crippen molar-refractivity contribution < 1.29 is 13.9 Å². The van der Waals surface area contributed by atoms with E-state index >= 15 is 0 Å². The lowest BCUT2D eigenvalue weighted by atomic mass is 10.1. The summed E-state index contributed by atoms with van der Waals surface area (Å²) in [5, 5.41) is 3.39. The van der Waals surface area contributed by atoms with E-state index in [9.17, 15) is 0 Å². The van der Waals surface area contributed by atoms with E-state index in [-0.39, 0.29) is 24.0 Å². The predicted octanol–water partition coefficient (Wildman–Crippen LogP) is 3.43. The number of hydrogen-bond donors (Lipinski definition) is 1. The van der Waals surface area contributed by atoms with E-state index in [4.69, 9.17) is 18.9 Å². The van der Waals surface area contributed by atoms with Crippen LogP contribution in [0.25, 0.3) is 0 Å². The normalized spacial score (nSPS) is 21.5. The zero-order valence-corrected chi connectivity index (χ0v) is 19.7. The van der Waals surface area contributed by atoms with E-state index in [0.29, 0.717) is 24.6 Å². The van der Waals surface area contributed by atoms with Gasteiger partial charge in [0.25, 0.3) is 0 Å². The third kappa shape index (κ3) is 6.88. The van der Waals surface area contributed by atoms with Gasteiger partial charge < -0.3 is 24.1 Å². The Balaban J connectivity index is 0.00000280. The second kappa shape index (κ2) is 12.0. The summed E-state index contributed by atoms with van der Waals surface area (Å²) in [4.78, 5) is 11.4. The van der Waals surface area contributed by atoms with Crippen LogP contribution in [0, 0.1) is 13.8 Å². The van der Waals surface area contributed by atoms with Gasteiger partial charge in [-0.1, -0.05) is 0 Å². The molecule has 28 heavy (non-hydrogen) atoms. The fourth-order valence-corrected chi connectivity index (χ4v) is 3.59. The van der Waals surface area contributed by atoms with Crippen LogP contribution in [0.3, 0.4) is 0 Å². The third-order valence-electron chi connectivity index (χ3n) is 5.31. The van der Waals surface area contributed by atoms with Crippen molar-refractivity contribution in [2.45, 2.75) is 71.6 Å². The lowest BCUT2D eigenvalue weighted by molar-refractivity contribution is -0.0721. The summed E-state index contributed by atoms with van der Waals surface area (Å²) >= 11 is 0. The summed E-state index contributed by atoms with van der Waals surface area (Å²) in [6.45, 7) is 10.8. The van der Waals surface area contributed by atoms with Crippen LogP contribution >= 0.6 is 24.0 Å². The Bertz CT molecular complexity index is 589. The number of aryl methyl sites for hydroxylation is 2. The number of rotatable bonds is 6. The minimum atomic E-state index is 0. The number of piperidine rings is 1. The van der Waals surface area contributed by atoms with Crippen molar-refractivity contribution >= 4 is 29.9 Å². The zero-order valence-electron chi connectivity index (χ0n) is 17.4. The molecule has 2 aliphatic rings. The first-order valence-corrected chi connectivity index (χ1v) is 10.3. The molecule has 1 N–H and O–H groups in total. The van der Waals surface area contributed by atoms with Crippen LogP contribution < -0.4 is 5.32 Å². The molecule has 0 bridgehead atoms. The summed E-state index contributed by atoms with van der Waals surface area (Å²) in [5.41, 5.74) is 0.935. The first-order chi connectivity index (χ1) is 13.2. The number of nitrogens with one attached hydrogen (secondary N) is 1. The van der Waals surface area contributed by atoms with Gasteiger partial charge in [-0.15, -0.1) is 24.0 Å². The Morgan fingerprint density at radius 3 is 2.64 bits per heavy atom. The molecule has 0 spiro atoms. The van der Waals surface area contributed by atoms with Crippen LogP contribution in [0.1, 0.15) is 56.4 Å². The van der Waals surface area contributed by atoms with Gasteiger partial charge in [-0.2, -0.15) is 0 Å². The molecule has 160 valence electrons. The maximum absolute atomic E-state index is 6.12. The molecule has 8 heteroatoms. The standard InChI is InChI=1S/C20H34N4O3.HI/c1-4-21-20(22-13-19-23-15(2)16(3)27-19)24-10-8-17(9-11-24)26-14-18-7-5-6-12-25-18;/h17-18H,4-14H2,1-3H3,(H,21,22);1H. The van der Waals surface area contributed by atoms with Crippen LogP contribution in [-0.4, -0.2) is 60.9 Å². The van der Waals surface area contributed by atoms with Crippen LogP contribution in [0.15, 0.2) is 9.41 Å². The largest absolute Gasteiger partial charge is 0.444 e. The highest BCUT2D eigenvalue weighted by atomic mass is 127. The Morgan fingerprint density at radius 2 is 2.04 bits per heavy atom. The number of halogens is 1. The van der Waals surface area contributed by atoms with Crippen molar-refractivity contribution in [1.82, 2.24) is 15.2 Å². The van der Waals surface area contributed by atoms with Gasteiger partial charge in [-0.25, -0.2) is 9.98 Å². The summed E-state index contributed by atoms with van der Waals surface area (Å²) in [7, 11) is 0. The van der Waals surface area contributed by atoms with Gasteiger partial charge in [0.1, 0.15) is 12.3 Å². The van der Waals surface area contributed by atoms with Gasteiger partial charge in [0.15, 0.2) is 5.96 Å². The molecule has 1 unspecified atom stereocenters. The van der Waals surface area contributed by atoms with E-state index < -0.39 is 0 Å². The Kier molecular flexibility index (Phi) is 10.0. The maximum Gasteiger partial charge on any atom is 0.216 e. The fraction of sp³-hybridized carbons (Fsp3) is 0.800. The molecular formula is C20H35IN4O3. The van der Waals surface area contributed by atoms with Crippen molar-refractivity contribution in [2.24, 2.45) is 4.99 Å². The molecule has 0 amide bonds. The number of oxazole rings is 1. The lowest BCUT2D eigenvalue weighted by Crippen LogP contribution is -2.47. The van der Waals surface area contributed by atoms with Crippen molar-refractivity contribution in [1.29, 1.82) is 0 Å². The first kappa shape index (κ1) is 23.4.